The monoisotopic (exact) mass is 359 g/mol. The second-order valence-electron chi connectivity index (χ2n) is 5.67. The summed E-state index contributed by atoms with van der Waals surface area (Å²) in [5.41, 5.74) is 3.46. The Morgan fingerprint density at radius 2 is 1.77 bits per heavy atom. The molecule has 0 aliphatic carbocycles. The Hall–Kier alpha value is -3.09. The lowest BCUT2D eigenvalue weighted by Crippen LogP contribution is -2.06. The Balaban J connectivity index is 1.78. The second-order valence-corrected chi connectivity index (χ2v) is 5.67. The average Bonchev–Trinajstić information content (AvgIpc) is 2.64. The smallest absolute Gasteiger partial charge is 0.417 e. The van der Waals surface area contributed by atoms with Crippen LogP contribution in [0, 0.1) is 0 Å². The molecule has 0 unspecified atom stereocenters. The number of methoxy groups -OCH3 is 1. The summed E-state index contributed by atoms with van der Waals surface area (Å²) in [5.74, 6) is 1.02. The van der Waals surface area contributed by atoms with Gasteiger partial charge < -0.3 is 4.74 Å². The first-order chi connectivity index (χ1) is 12.4. The Bertz CT molecular complexity index is 950. The summed E-state index contributed by atoms with van der Waals surface area (Å²) in [7, 11) is 1.62. The molecule has 0 fully saturated rings. The lowest BCUT2D eigenvalue weighted by atomic mass is 10.0. The summed E-state index contributed by atoms with van der Waals surface area (Å²) in [5, 5.41) is 6.27. The van der Waals surface area contributed by atoms with Crippen LogP contribution in [0.15, 0.2) is 59.8 Å². The summed E-state index contributed by atoms with van der Waals surface area (Å²) in [4.78, 5) is 3.73. The highest BCUT2D eigenvalue weighted by atomic mass is 19.4. The van der Waals surface area contributed by atoms with Crippen molar-refractivity contribution in [3.8, 4) is 5.75 Å². The number of anilines is 1. The highest BCUT2D eigenvalue weighted by Gasteiger charge is 2.30. The molecule has 134 valence electrons. The van der Waals surface area contributed by atoms with Crippen LogP contribution in [0.3, 0.4) is 0 Å². The van der Waals surface area contributed by atoms with Gasteiger partial charge in [-0.1, -0.05) is 18.2 Å². The van der Waals surface area contributed by atoms with Crippen LogP contribution in [0.2, 0.25) is 0 Å². The minimum Gasteiger partial charge on any atom is -0.497 e. The molecule has 0 aliphatic heterocycles. The minimum atomic E-state index is -4.40. The normalized spacial score (nSPS) is 12.3. The fourth-order valence-corrected chi connectivity index (χ4v) is 2.41. The van der Waals surface area contributed by atoms with Gasteiger partial charge in [-0.25, -0.2) is 4.98 Å². The van der Waals surface area contributed by atoms with Gasteiger partial charge in [-0.3, -0.25) is 5.43 Å². The molecule has 0 spiro atoms. The lowest BCUT2D eigenvalue weighted by molar-refractivity contribution is -0.137. The molecule has 1 N–H and O–H groups in total. The molecule has 0 saturated carbocycles. The van der Waals surface area contributed by atoms with Crippen LogP contribution in [-0.4, -0.2) is 17.8 Å². The van der Waals surface area contributed by atoms with Gasteiger partial charge in [0.2, 0.25) is 0 Å². The van der Waals surface area contributed by atoms with Gasteiger partial charge in [-0.2, -0.15) is 18.3 Å². The van der Waals surface area contributed by atoms with Gasteiger partial charge in [0.1, 0.15) is 11.6 Å². The number of ether oxygens (including phenoxy) is 1. The summed E-state index contributed by atoms with van der Waals surface area (Å²) < 4.78 is 42.8. The van der Waals surface area contributed by atoms with Crippen LogP contribution in [0.4, 0.5) is 19.0 Å². The molecular formula is C19H16F3N3O. The van der Waals surface area contributed by atoms with Gasteiger partial charge in [-0.15, -0.1) is 0 Å². The van der Waals surface area contributed by atoms with Crippen LogP contribution in [0.25, 0.3) is 10.8 Å². The topological polar surface area (TPSA) is 46.5 Å². The van der Waals surface area contributed by atoms with E-state index in [1.165, 1.54) is 6.07 Å². The van der Waals surface area contributed by atoms with E-state index in [0.29, 0.717) is 5.71 Å². The zero-order chi connectivity index (χ0) is 18.7. The fourth-order valence-electron chi connectivity index (χ4n) is 2.41. The van der Waals surface area contributed by atoms with Crippen molar-refractivity contribution in [3.63, 3.8) is 0 Å². The first-order valence-electron chi connectivity index (χ1n) is 7.78. The third-order valence-electron chi connectivity index (χ3n) is 3.89. The number of nitrogens with zero attached hydrogens (tertiary/aromatic N) is 2. The third kappa shape index (κ3) is 3.93. The fraction of sp³-hybridized carbons (Fsp3) is 0.158. The quantitative estimate of drug-likeness (QED) is 0.521. The van der Waals surface area contributed by atoms with E-state index in [9.17, 15) is 13.2 Å². The predicted octanol–water partition coefficient (Wildman–Crippen LogP) is 5.10. The molecule has 0 saturated heterocycles. The van der Waals surface area contributed by atoms with Crippen molar-refractivity contribution in [2.45, 2.75) is 13.1 Å². The van der Waals surface area contributed by atoms with E-state index in [4.69, 9.17) is 4.74 Å². The molecule has 0 aliphatic rings. The number of aromatic nitrogens is 1. The average molecular weight is 359 g/mol. The first-order valence-corrected chi connectivity index (χ1v) is 7.78. The number of hydrogen-bond donors (Lipinski definition) is 1. The number of hydrazone groups is 1. The number of pyridine rings is 1. The van der Waals surface area contributed by atoms with Crippen LogP contribution in [0.5, 0.6) is 5.75 Å². The molecular weight excluding hydrogens is 343 g/mol. The van der Waals surface area contributed by atoms with Gasteiger partial charge in [-0.05, 0) is 53.6 Å². The number of halogens is 3. The van der Waals surface area contributed by atoms with Crippen LogP contribution < -0.4 is 10.2 Å². The highest BCUT2D eigenvalue weighted by molar-refractivity contribution is 6.02. The molecule has 3 rings (SSSR count). The highest BCUT2D eigenvalue weighted by Crippen LogP contribution is 2.29. The van der Waals surface area contributed by atoms with Crippen molar-refractivity contribution < 1.29 is 17.9 Å². The summed E-state index contributed by atoms with van der Waals surface area (Å²) in [6, 6.07) is 13.8. The van der Waals surface area contributed by atoms with Crippen molar-refractivity contribution in [2.24, 2.45) is 5.10 Å². The van der Waals surface area contributed by atoms with Crippen molar-refractivity contribution in [1.29, 1.82) is 0 Å². The second kappa shape index (κ2) is 7.03. The number of nitrogens with one attached hydrogen (secondary N) is 1. The van der Waals surface area contributed by atoms with E-state index in [1.54, 1.807) is 7.11 Å². The molecule has 1 aromatic heterocycles. The Kier molecular flexibility index (Phi) is 4.79. The molecule has 1 heterocycles. The van der Waals surface area contributed by atoms with Gasteiger partial charge >= 0.3 is 6.18 Å². The largest absolute Gasteiger partial charge is 0.497 e. The molecule has 0 amide bonds. The first kappa shape index (κ1) is 17.7. The maximum absolute atomic E-state index is 12.5. The van der Waals surface area contributed by atoms with Gasteiger partial charge in [0.15, 0.2) is 0 Å². The van der Waals surface area contributed by atoms with E-state index < -0.39 is 11.7 Å². The lowest BCUT2D eigenvalue weighted by Gasteiger charge is -2.08. The van der Waals surface area contributed by atoms with E-state index >= 15 is 0 Å². The third-order valence-corrected chi connectivity index (χ3v) is 3.89. The molecule has 0 radical (unpaired) electrons. The number of hydrogen-bond acceptors (Lipinski definition) is 4. The van der Waals surface area contributed by atoms with E-state index in [0.717, 1.165) is 34.3 Å². The van der Waals surface area contributed by atoms with E-state index in [-0.39, 0.29) is 5.82 Å². The van der Waals surface area contributed by atoms with E-state index in [1.807, 2.05) is 43.3 Å². The van der Waals surface area contributed by atoms with Crippen molar-refractivity contribution in [3.05, 3.63) is 65.9 Å². The molecule has 0 bridgehead atoms. The maximum Gasteiger partial charge on any atom is 0.417 e. The van der Waals surface area contributed by atoms with Crippen molar-refractivity contribution in [2.75, 3.05) is 12.5 Å². The molecule has 0 atom stereocenters. The maximum atomic E-state index is 12.5. The van der Waals surface area contributed by atoms with Crippen LogP contribution in [0.1, 0.15) is 18.1 Å². The van der Waals surface area contributed by atoms with Crippen LogP contribution >= 0.6 is 0 Å². The molecule has 26 heavy (non-hydrogen) atoms. The summed E-state index contributed by atoms with van der Waals surface area (Å²) in [6.45, 7) is 1.81. The SMILES string of the molecule is COc1ccc2cc(/C(C)=N\Nc3ccc(C(F)(F)F)cn3)ccc2c1. The Morgan fingerprint density at radius 3 is 2.42 bits per heavy atom. The van der Waals surface area contributed by atoms with Gasteiger partial charge in [0.05, 0.1) is 18.4 Å². The summed E-state index contributed by atoms with van der Waals surface area (Å²) in [6.07, 6.45) is -3.63. The Morgan fingerprint density at radius 1 is 1.04 bits per heavy atom. The summed E-state index contributed by atoms with van der Waals surface area (Å²) >= 11 is 0. The zero-order valence-corrected chi connectivity index (χ0v) is 14.1. The number of benzene rings is 2. The molecule has 2 aromatic carbocycles. The van der Waals surface area contributed by atoms with Crippen molar-refractivity contribution >= 4 is 22.3 Å². The van der Waals surface area contributed by atoms with E-state index in [2.05, 4.69) is 15.5 Å². The van der Waals surface area contributed by atoms with Gasteiger partial charge in [0, 0.05) is 6.20 Å². The van der Waals surface area contributed by atoms with Crippen LogP contribution in [-0.2, 0) is 6.18 Å². The molecule has 3 aromatic rings. The standard InChI is InChI=1S/C19H16F3N3O/c1-12(24-25-18-8-6-16(11-23-18)19(20,21)22)13-3-4-15-10-17(26-2)7-5-14(15)9-13/h3-11H,1-2H3,(H,23,25)/b24-12-. The number of rotatable bonds is 4. The van der Waals surface area contributed by atoms with Gasteiger partial charge in [0.25, 0.3) is 0 Å². The molecule has 4 nitrogen and oxygen atoms in total. The number of alkyl halides is 3. The molecule has 7 heteroatoms. The number of fused-ring (bicyclic) bond motifs is 1. The predicted molar refractivity (Wildman–Crippen MR) is 95.6 cm³/mol. The Labute approximate surface area is 148 Å². The minimum absolute atomic E-state index is 0.239. The zero-order valence-electron chi connectivity index (χ0n) is 14.1. The van der Waals surface area contributed by atoms with Crippen molar-refractivity contribution in [1.82, 2.24) is 4.98 Å².